The number of halogens is 3. The first-order valence-corrected chi connectivity index (χ1v) is 5.58. The number of amides is 1. The lowest BCUT2D eigenvalue weighted by Crippen LogP contribution is -2.58. The predicted molar refractivity (Wildman–Crippen MR) is 55.5 cm³/mol. The fourth-order valence-electron chi connectivity index (χ4n) is 1.62. The molecule has 1 aliphatic heterocycles. The van der Waals surface area contributed by atoms with E-state index in [2.05, 4.69) is 10.1 Å². The second kappa shape index (κ2) is 6.20. The maximum absolute atomic E-state index is 11.8. The molecule has 7 heteroatoms. The first kappa shape index (κ1) is 14.2. The van der Waals surface area contributed by atoms with E-state index in [-0.39, 0.29) is 25.0 Å². The number of nitrogens with one attached hydrogen (secondary N) is 1. The van der Waals surface area contributed by atoms with Gasteiger partial charge in [-0.15, -0.1) is 0 Å². The molecule has 0 spiro atoms. The van der Waals surface area contributed by atoms with Crippen LogP contribution in [0.25, 0.3) is 0 Å². The summed E-state index contributed by atoms with van der Waals surface area (Å²) in [6, 6.07) is 0.176. The number of hydrogen-bond acceptors (Lipinski definition) is 3. The van der Waals surface area contributed by atoms with Crippen molar-refractivity contribution < 1.29 is 22.7 Å². The number of likely N-dealkylation sites (N-methyl/N-ethyl adjacent to an activating group) is 1. The van der Waals surface area contributed by atoms with Crippen molar-refractivity contribution in [3.8, 4) is 0 Å². The minimum atomic E-state index is -4.33. The number of ether oxygens (including phenoxy) is 1. The van der Waals surface area contributed by atoms with Crippen LogP contribution in [0.5, 0.6) is 0 Å². The molecule has 1 fully saturated rings. The first-order valence-electron chi connectivity index (χ1n) is 5.58. The largest absolute Gasteiger partial charge is 0.411 e. The van der Waals surface area contributed by atoms with Crippen molar-refractivity contribution in [3.63, 3.8) is 0 Å². The van der Waals surface area contributed by atoms with Crippen LogP contribution in [0.3, 0.4) is 0 Å². The molecule has 1 aliphatic rings. The van der Waals surface area contributed by atoms with Gasteiger partial charge in [0.15, 0.2) is 0 Å². The van der Waals surface area contributed by atoms with Crippen LogP contribution in [0.2, 0.25) is 0 Å². The molecule has 0 radical (unpaired) electrons. The molecule has 1 amide bonds. The Hall–Kier alpha value is -0.820. The number of alkyl halides is 3. The van der Waals surface area contributed by atoms with Crippen molar-refractivity contribution in [3.05, 3.63) is 0 Å². The van der Waals surface area contributed by atoms with E-state index in [0.29, 0.717) is 6.54 Å². The molecule has 0 atom stereocenters. The molecule has 0 aromatic heterocycles. The highest BCUT2D eigenvalue weighted by molar-refractivity contribution is 5.76. The third-order valence-electron chi connectivity index (χ3n) is 2.59. The van der Waals surface area contributed by atoms with Crippen molar-refractivity contribution in [2.24, 2.45) is 0 Å². The second-order valence-corrected chi connectivity index (χ2v) is 3.91. The Morgan fingerprint density at radius 1 is 1.47 bits per heavy atom. The monoisotopic (exact) mass is 254 g/mol. The molecule has 0 aliphatic carbocycles. The highest BCUT2D eigenvalue weighted by atomic mass is 19.4. The molecule has 100 valence electrons. The fraction of sp³-hybridized carbons (Fsp3) is 0.900. The number of rotatable bonds is 6. The Labute approximate surface area is 98.1 Å². The lowest BCUT2D eigenvalue weighted by atomic mass is 10.1. The average molecular weight is 254 g/mol. The Morgan fingerprint density at radius 3 is 2.53 bits per heavy atom. The van der Waals surface area contributed by atoms with Gasteiger partial charge in [-0.25, -0.2) is 0 Å². The van der Waals surface area contributed by atoms with Gasteiger partial charge in [-0.3, -0.25) is 4.79 Å². The first-order chi connectivity index (χ1) is 7.94. The highest BCUT2D eigenvalue weighted by Gasteiger charge is 2.29. The predicted octanol–water partition coefficient (Wildman–Crippen LogP) is 0.776. The van der Waals surface area contributed by atoms with E-state index in [1.807, 2.05) is 6.92 Å². The minimum Gasteiger partial charge on any atom is -0.372 e. The van der Waals surface area contributed by atoms with Crippen LogP contribution in [0.15, 0.2) is 0 Å². The summed E-state index contributed by atoms with van der Waals surface area (Å²) in [5.41, 5.74) is 0. The van der Waals surface area contributed by atoms with Crippen molar-refractivity contribution in [2.45, 2.75) is 25.6 Å². The van der Waals surface area contributed by atoms with E-state index < -0.39 is 12.8 Å². The molecule has 0 unspecified atom stereocenters. The summed E-state index contributed by atoms with van der Waals surface area (Å²) in [6.45, 7) is 2.45. The third kappa shape index (κ3) is 4.91. The maximum Gasteiger partial charge on any atom is 0.411 e. The van der Waals surface area contributed by atoms with Crippen LogP contribution in [0.4, 0.5) is 13.2 Å². The van der Waals surface area contributed by atoms with E-state index in [9.17, 15) is 18.0 Å². The van der Waals surface area contributed by atoms with Crippen molar-refractivity contribution in [2.75, 3.05) is 32.8 Å². The molecule has 0 aromatic rings. The van der Waals surface area contributed by atoms with E-state index in [1.165, 1.54) is 0 Å². The molecule has 1 N–H and O–H groups in total. The summed E-state index contributed by atoms with van der Waals surface area (Å²) in [6.07, 6.45) is -4.33. The Kier molecular flexibility index (Phi) is 5.20. The summed E-state index contributed by atoms with van der Waals surface area (Å²) < 4.78 is 39.7. The normalized spacial score (nSPS) is 16.7. The molecular formula is C10H17F3N2O2. The number of carbonyl (C=O) groups excluding carboxylic acids is 1. The van der Waals surface area contributed by atoms with Gasteiger partial charge in [-0.1, -0.05) is 0 Å². The van der Waals surface area contributed by atoms with Gasteiger partial charge < -0.3 is 15.0 Å². The topological polar surface area (TPSA) is 41.6 Å². The van der Waals surface area contributed by atoms with Crippen molar-refractivity contribution >= 4 is 5.91 Å². The molecule has 1 saturated heterocycles. The van der Waals surface area contributed by atoms with Crippen molar-refractivity contribution in [1.29, 1.82) is 0 Å². The average Bonchev–Trinajstić information content (AvgIpc) is 2.16. The second-order valence-electron chi connectivity index (χ2n) is 3.91. The summed E-state index contributed by atoms with van der Waals surface area (Å²) in [4.78, 5) is 13.3. The van der Waals surface area contributed by atoms with Gasteiger partial charge in [0.1, 0.15) is 6.61 Å². The molecular weight excluding hydrogens is 237 g/mol. The van der Waals surface area contributed by atoms with E-state index in [4.69, 9.17) is 0 Å². The van der Waals surface area contributed by atoms with Crippen LogP contribution in [0.1, 0.15) is 13.3 Å². The number of hydrogen-bond donors (Lipinski definition) is 1. The summed E-state index contributed by atoms with van der Waals surface area (Å²) in [5.74, 6) is -0.152. The Bertz CT molecular complexity index is 254. The smallest absolute Gasteiger partial charge is 0.372 e. The lowest BCUT2D eigenvalue weighted by Gasteiger charge is -2.37. The summed E-state index contributed by atoms with van der Waals surface area (Å²) >= 11 is 0. The van der Waals surface area contributed by atoms with Gasteiger partial charge in [0.05, 0.1) is 19.1 Å². The minimum absolute atomic E-state index is 0.000417. The summed E-state index contributed by atoms with van der Waals surface area (Å²) in [7, 11) is 0. The van der Waals surface area contributed by atoms with Crippen LogP contribution < -0.4 is 5.32 Å². The Balaban J connectivity index is 2.19. The molecule has 17 heavy (non-hydrogen) atoms. The molecule has 4 nitrogen and oxygen atoms in total. The Morgan fingerprint density at radius 2 is 2.12 bits per heavy atom. The van der Waals surface area contributed by atoms with E-state index in [0.717, 1.165) is 13.1 Å². The van der Waals surface area contributed by atoms with Crippen LogP contribution in [-0.2, 0) is 9.53 Å². The zero-order valence-corrected chi connectivity index (χ0v) is 9.72. The quantitative estimate of drug-likeness (QED) is 0.712. The van der Waals surface area contributed by atoms with Gasteiger partial charge in [-0.05, 0) is 6.92 Å². The third-order valence-corrected chi connectivity index (χ3v) is 2.59. The van der Waals surface area contributed by atoms with Crippen molar-refractivity contribution in [1.82, 2.24) is 10.2 Å². The number of carbonyl (C=O) groups is 1. The van der Waals surface area contributed by atoms with E-state index >= 15 is 0 Å². The molecule has 0 saturated carbocycles. The molecule has 1 rings (SSSR count). The van der Waals surface area contributed by atoms with Gasteiger partial charge in [0, 0.05) is 19.6 Å². The fourth-order valence-corrected chi connectivity index (χ4v) is 1.62. The number of nitrogens with zero attached hydrogens (tertiary/aromatic N) is 1. The van der Waals surface area contributed by atoms with Gasteiger partial charge >= 0.3 is 6.18 Å². The van der Waals surface area contributed by atoms with E-state index in [1.54, 1.807) is 4.90 Å². The summed E-state index contributed by atoms with van der Waals surface area (Å²) in [5, 5.41) is 3.04. The maximum atomic E-state index is 11.8. The van der Waals surface area contributed by atoms with Gasteiger partial charge in [0.25, 0.3) is 0 Å². The SMILES string of the molecule is CCN(C(=O)CCOCC(F)(F)F)C1CNC1. The van der Waals surface area contributed by atoms with Gasteiger partial charge in [-0.2, -0.15) is 13.2 Å². The highest BCUT2D eigenvalue weighted by Crippen LogP contribution is 2.14. The zero-order chi connectivity index (χ0) is 12.9. The lowest BCUT2D eigenvalue weighted by molar-refractivity contribution is -0.175. The van der Waals surface area contributed by atoms with Crippen LogP contribution in [0, 0.1) is 0 Å². The zero-order valence-electron chi connectivity index (χ0n) is 9.72. The van der Waals surface area contributed by atoms with Crippen LogP contribution >= 0.6 is 0 Å². The molecule has 1 heterocycles. The standard InChI is InChI=1S/C10H17F3N2O2/c1-2-15(8-5-14-6-8)9(16)3-4-17-7-10(11,12)13/h8,14H,2-7H2,1H3. The van der Waals surface area contributed by atoms with Gasteiger partial charge in [0.2, 0.25) is 5.91 Å². The molecule has 0 aromatic carbocycles. The molecule has 0 bridgehead atoms. The van der Waals surface area contributed by atoms with Crippen LogP contribution in [-0.4, -0.2) is 55.9 Å².